The minimum atomic E-state index is -5.08. The molecule has 1 unspecified atom stereocenters. The molecule has 1 aromatic heterocycles. The summed E-state index contributed by atoms with van der Waals surface area (Å²) in [4.78, 5) is 21.5. The molecule has 2 heterocycles. The molecule has 1 saturated heterocycles. The molecule has 1 atom stereocenters. The van der Waals surface area contributed by atoms with Crippen molar-refractivity contribution in [1.29, 1.82) is 0 Å². The monoisotopic (exact) mass is 676 g/mol. The molecule has 2 aromatic carbocycles. The molecule has 0 N–H and O–H groups in total. The topological polar surface area (TPSA) is 73.8 Å². The summed E-state index contributed by atoms with van der Waals surface area (Å²) >= 11 is 6.53. The lowest BCUT2D eigenvalue weighted by Crippen LogP contribution is -2.53. The molecule has 45 heavy (non-hydrogen) atoms. The first-order chi connectivity index (χ1) is 20.6. The molecule has 0 spiro atoms. The molecule has 1 aliphatic rings. The molecule has 15 heteroatoms. The molecule has 0 aliphatic carbocycles. The number of hydrogen-bond donors (Lipinski definition) is 0. The van der Waals surface area contributed by atoms with Crippen LogP contribution in [0.25, 0.3) is 11.1 Å². The Hall–Kier alpha value is -3.36. The number of halogens is 7. The fraction of sp³-hybridized carbons (Fsp3) is 0.400. The van der Waals surface area contributed by atoms with Crippen LogP contribution < -0.4 is 9.80 Å². The van der Waals surface area contributed by atoms with Gasteiger partial charge in [0.05, 0.1) is 34.7 Å². The number of piperazine rings is 1. The Morgan fingerprint density at radius 2 is 1.49 bits per heavy atom. The lowest BCUT2D eigenvalue weighted by molar-refractivity contribution is -0.143. The average Bonchev–Trinajstić information content (AvgIpc) is 2.94. The Kier molecular flexibility index (Phi) is 9.28. The molecule has 0 saturated carbocycles. The number of pyridine rings is 1. The Morgan fingerprint density at radius 3 is 2.00 bits per heavy atom. The normalized spacial score (nSPS) is 17.0. The van der Waals surface area contributed by atoms with Crippen molar-refractivity contribution in [1.82, 2.24) is 9.29 Å². The Labute approximate surface area is 262 Å². The van der Waals surface area contributed by atoms with E-state index in [1.54, 1.807) is 37.3 Å². The van der Waals surface area contributed by atoms with Crippen molar-refractivity contribution < 1.29 is 39.6 Å². The molecule has 244 valence electrons. The zero-order valence-corrected chi connectivity index (χ0v) is 26.5. The third-order valence-electron chi connectivity index (χ3n) is 7.86. The van der Waals surface area contributed by atoms with E-state index >= 15 is 0 Å². The van der Waals surface area contributed by atoms with Gasteiger partial charge in [0.2, 0.25) is 15.9 Å². The van der Waals surface area contributed by atoms with Crippen LogP contribution in [-0.2, 0) is 32.6 Å². The number of sulfonamides is 1. The van der Waals surface area contributed by atoms with Crippen LogP contribution in [0, 0.1) is 0 Å². The number of carbonyl (C=O) groups is 1. The Morgan fingerprint density at radius 1 is 0.933 bits per heavy atom. The predicted molar refractivity (Wildman–Crippen MR) is 161 cm³/mol. The number of alkyl halides is 6. The summed E-state index contributed by atoms with van der Waals surface area (Å²) in [7, 11) is -2.07. The highest BCUT2D eigenvalue weighted by molar-refractivity contribution is 7.88. The number of likely N-dealkylation sites (N-methyl/N-ethyl adjacent to an activating group) is 1. The van der Waals surface area contributed by atoms with Gasteiger partial charge in [-0.3, -0.25) is 4.79 Å². The van der Waals surface area contributed by atoms with Gasteiger partial charge in [-0.1, -0.05) is 29.8 Å². The van der Waals surface area contributed by atoms with Crippen molar-refractivity contribution in [3.8, 4) is 11.1 Å². The molecule has 0 radical (unpaired) electrons. The lowest BCUT2D eigenvalue weighted by Gasteiger charge is -2.39. The fourth-order valence-electron chi connectivity index (χ4n) is 5.38. The van der Waals surface area contributed by atoms with Crippen LogP contribution in [0.5, 0.6) is 0 Å². The summed E-state index contributed by atoms with van der Waals surface area (Å²) in [6, 6.07) is 9.16. The molecule has 0 bridgehead atoms. The predicted octanol–water partition coefficient (Wildman–Crippen LogP) is 6.85. The van der Waals surface area contributed by atoms with Crippen molar-refractivity contribution in [3.05, 3.63) is 76.4 Å². The van der Waals surface area contributed by atoms with Crippen LogP contribution in [0.3, 0.4) is 0 Å². The summed E-state index contributed by atoms with van der Waals surface area (Å²) < 4.78 is 107. The van der Waals surface area contributed by atoms with E-state index in [0.29, 0.717) is 47.2 Å². The first-order valence-electron chi connectivity index (χ1n) is 13.7. The highest BCUT2D eigenvalue weighted by Gasteiger charge is 2.41. The van der Waals surface area contributed by atoms with Crippen molar-refractivity contribution in [2.45, 2.75) is 44.6 Å². The van der Waals surface area contributed by atoms with E-state index in [-0.39, 0.29) is 24.3 Å². The van der Waals surface area contributed by atoms with Gasteiger partial charge in [0.15, 0.2) is 0 Å². The van der Waals surface area contributed by atoms with Crippen molar-refractivity contribution in [2.24, 2.45) is 0 Å². The van der Waals surface area contributed by atoms with E-state index in [4.69, 9.17) is 11.6 Å². The molecule has 7 nitrogen and oxygen atoms in total. The fourth-order valence-corrected chi connectivity index (χ4v) is 6.75. The van der Waals surface area contributed by atoms with Crippen LogP contribution in [0.15, 0.2) is 54.7 Å². The third kappa shape index (κ3) is 7.23. The van der Waals surface area contributed by atoms with Crippen molar-refractivity contribution in [2.75, 3.05) is 42.7 Å². The minimum Gasteiger partial charge on any atom is -0.354 e. The number of benzene rings is 2. The highest BCUT2D eigenvalue weighted by Crippen LogP contribution is 2.42. The minimum absolute atomic E-state index is 0.0164. The zero-order chi connectivity index (χ0) is 33.7. The van der Waals surface area contributed by atoms with Crippen LogP contribution in [0.4, 0.5) is 37.8 Å². The molecule has 1 fully saturated rings. The lowest BCUT2D eigenvalue weighted by atomic mass is 9.81. The van der Waals surface area contributed by atoms with Gasteiger partial charge in [-0.15, -0.1) is 0 Å². The van der Waals surface area contributed by atoms with Gasteiger partial charge < -0.3 is 9.80 Å². The van der Waals surface area contributed by atoms with E-state index in [0.717, 1.165) is 11.2 Å². The Bertz CT molecular complexity index is 1680. The molecule has 1 aliphatic heterocycles. The number of aromatic nitrogens is 1. The molecular formula is C30H31ClF6N4O3S. The third-order valence-corrected chi connectivity index (χ3v) is 9.58. The van der Waals surface area contributed by atoms with E-state index in [2.05, 4.69) is 4.98 Å². The molecule has 4 rings (SSSR count). The first-order valence-corrected chi connectivity index (χ1v) is 15.9. The van der Waals surface area contributed by atoms with Crippen LogP contribution in [0.2, 0.25) is 5.02 Å². The second-order valence-corrected chi connectivity index (χ2v) is 13.8. The Balaban J connectivity index is 1.78. The van der Waals surface area contributed by atoms with Crippen molar-refractivity contribution in [3.63, 3.8) is 0 Å². The number of anilines is 2. The standard InChI is InChI=1S/C30H31ClF6N4O3S/c1-18-17-40(10-11-41(18)45(5,43)44)26-15-23(22-8-6-7-9-24(22)31)25(16-38-26)39(4)27(42)28(2,3)19-12-20(29(32,33)34)14-21(13-19)30(35,36)37/h6-9,12-16,18H,10-11,17H2,1-5H3. The second-order valence-electron chi connectivity index (χ2n) is 11.5. The maximum absolute atomic E-state index is 13.9. The maximum atomic E-state index is 13.9. The number of nitrogens with zero attached hydrogens (tertiary/aromatic N) is 4. The second kappa shape index (κ2) is 12.1. The number of amides is 1. The van der Waals surface area contributed by atoms with Gasteiger partial charge >= 0.3 is 12.4 Å². The largest absolute Gasteiger partial charge is 0.416 e. The smallest absolute Gasteiger partial charge is 0.354 e. The zero-order valence-electron chi connectivity index (χ0n) is 25.0. The quantitative estimate of drug-likeness (QED) is 0.267. The van der Waals surface area contributed by atoms with Crippen LogP contribution in [0.1, 0.15) is 37.5 Å². The van der Waals surface area contributed by atoms with E-state index in [1.807, 2.05) is 4.90 Å². The van der Waals surface area contributed by atoms with Gasteiger partial charge in [0.25, 0.3) is 0 Å². The van der Waals surface area contributed by atoms with Gasteiger partial charge in [0.1, 0.15) is 5.82 Å². The number of hydrogen-bond acceptors (Lipinski definition) is 5. The van der Waals surface area contributed by atoms with Gasteiger partial charge in [-0.05, 0) is 56.7 Å². The molecular weight excluding hydrogens is 646 g/mol. The van der Waals surface area contributed by atoms with Gasteiger partial charge in [-0.25, -0.2) is 13.4 Å². The number of carbonyl (C=O) groups excluding carboxylic acids is 1. The van der Waals surface area contributed by atoms with Crippen LogP contribution >= 0.6 is 11.6 Å². The average molecular weight is 677 g/mol. The summed E-state index contributed by atoms with van der Waals surface area (Å²) in [5, 5.41) is 0.318. The van der Waals surface area contributed by atoms with Gasteiger partial charge in [-0.2, -0.15) is 30.6 Å². The first kappa shape index (κ1) is 34.5. The summed E-state index contributed by atoms with van der Waals surface area (Å²) in [5.41, 5.74) is -4.23. The van der Waals surface area contributed by atoms with Gasteiger partial charge in [0, 0.05) is 48.9 Å². The molecule has 3 aromatic rings. The SMILES string of the molecule is CC1CN(c2cc(-c3ccccc3Cl)c(N(C)C(=O)C(C)(C)c3cc(C(F)(F)F)cc(C(F)(F)F)c3)cn2)CCN1S(C)(=O)=O. The summed E-state index contributed by atoms with van der Waals surface area (Å²) in [6.45, 7) is 5.13. The maximum Gasteiger partial charge on any atom is 0.416 e. The van der Waals surface area contributed by atoms with E-state index in [9.17, 15) is 39.6 Å². The summed E-state index contributed by atoms with van der Waals surface area (Å²) in [6.07, 6.45) is -7.65. The van der Waals surface area contributed by atoms with E-state index < -0.39 is 50.4 Å². The van der Waals surface area contributed by atoms with Crippen LogP contribution in [-0.4, -0.2) is 62.6 Å². The van der Waals surface area contributed by atoms with Crippen molar-refractivity contribution >= 4 is 39.0 Å². The molecule has 1 amide bonds. The summed E-state index contributed by atoms with van der Waals surface area (Å²) in [5.74, 6) is -0.338. The highest BCUT2D eigenvalue weighted by atomic mass is 35.5. The van der Waals surface area contributed by atoms with E-state index in [1.165, 1.54) is 31.4 Å². The number of rotatable bonds is 6.